The molecule has 39 heavy (non-hydrogen) atoms. The van der Waals surface area contributed by atoms with Crippen molar-refractivity contribution in [1.82, 2.24) is 10.2 Å². The second kappa shape index (κ2) is 26.3. The van der Waals surface area contributed by atoms with E-state index in [4.69, 9.17) is 37.9 Å². The monoisotopic (exact) mass is 562 g/mol. The van der Waals surface area contributed by atoms with Crippen LogP contribution in [0.1, 0.15) is 19.8 Å². The van der Waals surface area contributed by atoms with Crippen LogP contribution >= 0.6 is 0 Å². The van der Waals surface area contributed by atoms with E-state index in [0.717, 1.165) is 11.3 Å². The zero-order valence-corrected chi connectivity index (χ0v) is 23.2. The number of hydrogen-bond acceptors (Lipinski definition) is 11. The minimum atomic E-state index is -0.307. The van der Waals surface area contributed by atoms with Crippen molar-refractivity contribution < 1.29 is 52.3 Å². The Kier molecular flexibility index (Phi) is 23.6. The molecule has 3 amide bonds. The van der Waals surface area contributed by atoms with E-state index in [0.29, 0.717) is 112 Å². The summed E-state index contributed by atoms with van der Waals surface area (Å²) in [5.41, 5.74) is 0. The topological polar surface area (TPSA) is 140 Å². The first-order valence-electron chi connectivity index (χ1n) is 13.6. The van der Waals surface area contributed by atoms with Crippen molar-refractivity contribution in [2.45, 2.75) is 19.8 Å². The van der Waals surface area contributed by atoms with Gasteiger partial charge in [0.2, 0.25) is 5.91 Å². The van der Waals surface area contributed by atoms with Crippen molar-refractivity contribution in [2.75, 3.05) is 119 Å². The zero-order chi connectivity index (χ0) is 28.2. The third-order valence-electron chi connectivity index (χ3n) is 5.01. The number of imide groups is 1. The van der Waals surface area contributed by atoms with Gasteiger partial charge in [-0.15, -0.1) is 0 Å². The molecule has 0 aromatic rings. The molecule has 226 valence electrons. The molecule has 0 saturated carbocycles. The van der Waals surface area contributed by atoms with E-state index in [2.05, 4.69) is 5.32 Å². The first-order chi connectivity index (χ1) is 19.1. The molecular weight excluding hydrogens is 516 g/mol. The maximum Gasteiger partial charge on any atom is 0.253 e. The fourth-order valence-electron chi connectivity index (χ4n) is 2.97. The first kappa shape index (κ1) is 35.1. The Balaban J connectivity index is 1.66. The molecule has 0 unspecified atom stereocenters. The van der Waals surface area contributed by atoms with Crippen LogP contribution in [0.4, 0.5) is 0 Å². The van der Waals surface area contributed by atoms with Crippen LogP contribution < -0.4 is 5.32 Å². The van der Waals surface area contributed by atoms with Gasteiger partial charge in [0.25, 0.3) is 11.8 Å². The summed E-state index contributed by atoms with van der Waals surface area (Å²) in [5, 5.41) is 2.80. The van der Waals surface area contributed by atoms with Crippen LogP contribution in [-0.2, 0) is 52.3 Å². The molecule has 0 spiro atoms. The molecule has 0 saturated heterocycles. The average Bonchev–Trinajstić information content (AvgIpc) is 3.26. The van der Waals surface area contributed by atoms with Crippen LogP contribution in [0.2, 0.25) is 0 Å². The molecule has 0 aromatic carbocycles. The Bertz CT molecular complexity index is 646. The van der Waals surface area contributed by atoms with Gasteiger partial charge in [-0.1, -0.05) is 6.92 Å². The van der Waals surface area contributed by atoms with E-state index in [1.54, 1.807) is 0 Å². The number of carbonyl (C=O) groups is 3. The number of ether oxygens (including phenoxy) is 8. The average molecular weight is 563 g/mol. The molecule has 13 heteroatoms. The lowest BCUT2D eigenvalue weighted by molar-refractivity contribution is -0.137. The van der Waals surface area contributed by atoms with Gasteiger partial charge in [-0.05, 0) is 6.42 Å². The molecule has 0 bridgehead atoms. The molecule has 0 fully saturated rings. The number of amides is 3. The van der Waals surface area contributed by atoms with Gasteiger partial charge in [0.15, 0.2) is 0 Å². The smallest absolute Gasteiger partial charge is 0.253 e. The van der Waals surface area contributed by atoms with Crippen LogP contribution in [0.3, 0.4) is 0 Å². The summed E-state index contributed by atoms with van der Waals surface area (Å²) >= 11 is 0. The molecular formula is C26H46N2O11. The predicted molar refractivity (Wildman–Crippen MR) is 140 cm³/mol. The highest BCUT2D eigenvalue weighted by molar-refractivity contribution is 6.12. The molecule has 1 aliphatic heterocycles. The van der Waals surface area contributed by atoms with Gasteiger partial charge in [0, 0.05) is 25.1 Å². The lowest BCUT2D eigenvalue weighted by atomic mass is 10.4. The third kappa shape index (κ3) is 21.5. The first-order valence-corrected chi connectivity index (χ1v) is 13.6. The maximum absolute atomic E-state index is 11.4. The van der Waals surface area contributed by atoms with Crippen LogP contribution in [0.15, 0.2) is 12.2 Å². The molecule has 0 radical (unpaired) electrons. The number of carbonyl (C=O) groups excluding carboxylic acids is 3. The molecule has 1 heterocycles. The Morgan fingerprint density at radius 1 is 0.590 bits per heavy atom. The molecule has 1 N–H and O–H groups in total. The Morgan fingerprint density at radius 3 is 1.28 bits per heavy atom. The zero-order valence-electron chi connectivity index (χ0n) is 23.2. The summed E-state index contributed by atoms with van der Waals surface area (Å²) < 4.78 is 43.2. The normalized spacial score (nSPS) is 13.1. The molecule has 0 aromatic heterocycles. The van der Waals surface area contributed by atoms with Gasteiger partial charge in [-0.25, -0.2) is 0 Å². The van der Waals surface area contributed by atoms with Crippen molar-refractivity contribution >= 4 is 17.7 Å². The predicted octanol–water partition coefficient (Wildman–Crippen LogP) is -0.0395. The van der Waals surface area contributed by atoms with Crippen LogP contribution in [-0.4, -0.2) is 141 Å². The molecule has 0 aliphatic carbocycles. The number of rotatable bonds is 29. The minimum Gasteiger partial charge on any atom is -0.379 e. The Hall–Kier alpha value is -1.97. The van der Waals surface area contributed by atoms with Crippen molar-refractivity contribution in [3.05, 3.63) is 12.2 Å². The van der Waals surface area contributed by atoms with Crippen LogP contribution in [0, 0.1) is 0 Å². The summed E-state index contributed by atoms with van der Waals surface area (Å²) in [6.07, 6.45) is 3.80. The second-order valence-corrected chi connectivity index (χ2v) is 8.16. The van der Waals surface area contributed by atoms with Crippen molar-refractivity contribution in [3.63, 3.8) is 0 Å². The van der Waals surface area contributed by atoms with Gasteiger partial charge < -0.3 is 43.2 Å². The standard InChI is InChI=1S/C26H46N2O11/c1-2-6-27-24(29)5-8-32-10-12-34-14-16-36-18-20-38-22-23-39-21-19-37-17-15-35-13-11-33-9-7-28-25(30)3-4-26(28)31/h3-4H,2,5-23H2,1H3,(H,27,29). The SMILES string of the molecule is CCCNC(=O)CCOCCOCCOCCOCCOCCOCCOCCOCCN1C(=O)C=CC1=O. The largest absolute Gasteiger partial charge is 0.379 e. The van der Waals surface area contributed by atoms with E-state index in [1.165, 1.54) is 12.2 Å². The summed E-state index contributed by atoms with van der Waals surface area (Å²) in [6.45, 7) is 10.0. The van der Waals surface area contributed by atoms with Gasteiger partial charge in [0.1, 0.15) is 0 Å². The highest BCUT2D eigenvalue weighted by Gasteiger charge is 2.22. The highest BCUT2D eigenvalue weighted by atomic mass is 16.6. The fourth-order valence-corrected chi connectivity index (χ4v) is 2.97. The van der Waals surface area contributed by atoms with Crippen LogP contribution in [0.25, 0.3) is 0 Å². The summed E-state index contributed by atoms with van der Waals surface area (Å²) in [4.78, 5) is 35.3. The number of nitrogens with zero attached hydrogens (tertiary/aromatic N) is 1. The maximum atomic E-state index is 11.4. The lowest BCUT2D eigenvalue weighted by Crippen LogP contribution is -2.33. The summed E-state index contributed by atoms with van der Waals surface area (Å²) in [5.74, 6) is -0.604. The van der Waals surface area contributed by atoms with E-state index in [-0.39, 0.29) is 30.9 Å². The van der Waals surface area contributed by atoms with Crippen molar-refractivity contribution in [3.8, 4) is 0 Å². The highest BCUT2D eigenvalue weighted by Crippen LogP contribution is 2.02. The number of hydrogen-bond donors (Lipinski definition) is 1. The van der Waals surface area contributed by atoms with Gasteiger partial charge >= 0.3 is 0 Å². The van der Waals surface area contributed by atoms with Gasteiger partial charge in [0.05, 0.1) is 112 Å². The fraction of sp³-hybridized carbons (Fsp3) is 0.808. The van der Waals surface area contributed by atoms with Crippen LogP contribution in [0.5, 0.6) is 0 Å². The molecule has 1 rings (SSSR count). The Labute approximate surface area is 231 Å². The van der Waals surface area contributed by atoms with Gasteiger partial charge in [-0.3, -0.25) is 19.3 Å². The minimum absolute atomic E-state index is 0.0107. The summed E-state index contributed by atoms with van der Waals surface area (Å²) in [7, 11) is 0. The lowest BCUT2D eigenvalue weighted by Gasteiger charge is -2.13. The quantitative estimate of drug-likeness (QED) is 0.0970. The Morgan fingerprint density at radius 2 is 0.923 bits per heavy atom. The molecule has 13 nitrogen and oxygen atoms in total. The van der Waals surface area contributed by atoms with E-state index in [9.17, 15) is 14.4 Å². The second-order valence-electron chi connectivity index (χ2n) is 8.16. The van der Waals surface area contributed by atoms with Gasteiger partial charge in [-0.2, -0.15) is 0 Å². The number of nitrogens with one attached hydrogen (secondary N) is 1. The molecule has 0 atom stereocenters. The molecule has 1 aliphatic rings. The van der Waals surface area contributed by atoms with E-state index >= 15 is 0 Å². The van der Waals surface area contributed by atoms with E-state index < -0.39 is 0 Å². The summed E-state index contributed by atoms with van der Waals surface area (Å²) in [6, 6.07) is 0. The van der Waals surface area contributed by atoms with E-state index in [1.807, 2.05) is 6.92 Å². The van der Waals surface area contributed by atoms with Crippen molar-refractivity contribution in [1.29, 1.82) is 0 Å². The third-order valence-corrected chi connectivity index (χ3v) is 5.01. The van der Waals surface area contributed by atoms with Crippen molar-refractivity contribution in [2.24, 2.45) is 0 Å².